The fourth-order valence-corrected chi connectivity index (χ4v) is 1.37. The summed E-state index contributed by atoms with van der Waals surface area (Å²) in [5, 5.41) is 2.79. The zero-order valence-electron chi connectivity index (χ0n) is 8.73. The molecule has 5 nitrogen and oxygen atoms in total. The van der Waals surface area contributed by atoms with E-state index in [1.54, 1.807) is 0 Å². The fourth-order valence-electron chi connectivity index (χ4n) is 1.37. The molecular weight excluding hydrogens is 190 g/mol. The standard InChI is InChI=1S/C10H13N5/c1-15(2)14-10-8-4-3-7(11)5-9(8)12-6-13-10/h3-6H,11H2,1-2H3,(H,12,13,14). The molecule has 0 fully saturated rings. The molecule has 0 atom stereocenters. The molecule has 0 saturated carbocycles. The van der Waals surface area contributed by atoms with Crippen molar-refractivity contribution < 1.29 is 0 Å². The van der Waals surface area contributed by atoms with Crippen molar-refractivity contribution in [2.45, 2.75) is 0 Å². The minimum absolute atomic E-state index is 0.706. The highest BCUT2D eigenvalue weighted by atomic mass is 15.5. The number of nitrogen functional groups attached to an aromatic ring is 1. The third kappa shape index (κ3) is 1.97. The predicted octanol–water partition coefficient (Wildman–Crippen LogP) is 1.10. The van der Waals surface area contributed by atoms with E-state index in [2.05, 4.69) is 15.4 Å². The summed E-state index contributed by atoms with van der Waals surface area (Å²) in [5.74, 6) is 0.782. The minimum Gasteiger partial charge on any atom is -0.399 e. The Morgan fingerprint density at radius 1 is 1.27 bits per heavy atom. The van der Waals surface area contributed by atoms with Crippen LogP contribution < -0.4 is 11.2 Å². The van der Waals surface area contributed by atoms with E-state index >= 15 is 0 Å². The van der Waals surface area contributed by atoms with E-state index in [0.29, 0.717) is 5.69 Å². The molecule has 0 aliphatic carbocycles. The Bertz CT molecular complexity index is 480. The van der Waals surface area contributed by atoms with Crippen molar-refractivity contribution >= 4 is 22.4 Å². The van der Waals surface area contributed by atoms with E-state index in [1.807, 2.05) is 37.3 Å². The van der Waals surface area contributed by atoms with E-state index in [9.17, 15) is 0 Å². The van der Waals surface area contributed by atoms with Gasteiger partial charge >= 0.3 is 0 Å². The highest BCUT2D eigenvalue weighted by molar-refractivity contribution is 5.90. The first-order valence-electron chi connectivity index (χ1n) is 4.61. The summed E-state index contributed by atoms with van der Waals surface area (Å²) in [6.07, 6.45) is 1.52. The third-order valence-electron chi connectivity index (χ3n) is 1.99. The van der Waals surface area contributed by atoms with Gasteiger partial charge in [0.1, 0.15) is 6.33 Å². The van der Waals surface area contributed by atoms with Gasteiger partial charge in [0.05, 0.1) is 5.52 Å². The van der Waals surface area contributed by atoms with Gasteiger partial charge in [-0.15, -0.1) is 0 Å². The number of benzene rings is 1. The van der Waals surface area contributed by atoms with Crippen molar-refractivity contribution in [3.8, 4) is 0 Å². The van der Waals surface area contributed by atoms with Crippen LogP contribution in [0.2, 0.25) is 0 Å². The molecule has 1 heterocycles. The van der Waals surface area contributed by atoms with E-state index in [4.69, 9.17) is 5.73 Å². The molecule has 2 rings (SSSR count). The number of nitrogens with zero attached hydrogens (tertiary/aromatic N) is 3. The van der Waals surface area contributed by atoms with Crippen LogP contribution in [0.15, 0.2) is 24.5 Å². The summed E-state index contributed by atoms with van der Waals surface area (Å²) >= 11 is 0. The first-order valence-corrected chi connectivity index (χ1v) is 4.61. The number of nitrogens with one attached hydrogen (secondary N) is 1. The summed E-state index contributed by atoms with van der Waals surface area (Å²) in [6, 6.07) is 5.58. The fraction of sp³-hybridized carbons (Fsp3) is 0.200. The van der Waals surface area contributed by atoms with E-state index in [1.165, 1.54) is 6.33 Å². The molecule has 78 valence electrons. The van der Waals surface area contributed by atoms with Crippen LogP contribution in [0.3, 0.4) is 0 Å². The van der Waals surface area contributed by atoms with Crippen LogP contribution in [0.5, 0.6) is 0 Å². The number of rotatable bonds is 2. The number of aromatic nitrogens is 2. The Morgan fingerprint density at radius 2 is 2.07 bits per heavy atom. The van der Waals surface area contributed by atoms with Crippen molar-refractivity contribution in [1.29, 1.82) is 0 Å². The van der Waals surface area contributed by atoms with Crippen LogP contribution in [0, 0.1) is 0 Å². The lowest BCUT2D eigenvalue weighted by atomic mass is 10.2. The van der Waals surface area contributed by atoms with Crippen molar-refractivity contribution in [2.75, 3.05) is 25.3 Å². The van der Waals surface area contributed by atoms with Crippen molar-refractivity contribution in [3.63, 3.8) is 0 Å². The van der Waals surface area contributed by atoms with Gasteiger partial charge in [-0.2, -0.15) is 0 Å². The largest absolute Gasteiger partial charge is 0.399 e. The van der Waals surface area contributed by atoms with E-state index in [-0.39, 0.29) is 0 Å². The van der Waals surface area contributed by atoms with Gasteiger partial charge < -0.3 is 11.2 Å². The molecule has 0 bridgehead atoms. The second kappa shape index (κ2) is 3.70. The molecule has 3 N–H and O–H groups in total. The lowest BCUT2D eigenvalue weighted by Gasteiger charge is -2.13. The molecule has 2 aromatic rings. The monoisotopic (exact) mass is 203 g/mol. The highest BCUT2D eigenvalue weighted by Crippen LogP contribution is 2.20. The maximum Gasteiger partial charge on any atom is 0.151 e. The number of hydrogen-bond donors (Lipinski definition) is 2. The van der Waals surface area contributed by atoms with E-state index < -0.39 is 0 Å². The number of anilines is 2. The number of hydrogen-bond acceptors (Lipinski definition) is 5. The summed E-state index contributed by atoms with van der Waals surface area (Å²) in [4.78, 5) is 8.33. The molecule has 5 heteroatoms. The lowest BCUT2D eigenvalue weighted by Crippen LogP contribution is -2.20. The minimum atomic E-state index is 0.706. The second-order valence-corrected chi connectivity index (χ2v) is 3.51. The number of nitrogens with two attached hydrogens (primary N) is 1. The molecule has 0 aliphatic heterocycles. The zero-order valence-corrected chi connectivity index (χ0v) is 8.73. The van der Waals surface area contributed by atoms with Gasteiger partial charge in [0, 0.05) is 25.2 Å². The molecule has 0 spiro atoms. The maximum atomic E-state index is 5.68. The SMILES string of the molecule is CN(C)Nc1ncnc2cc(N)ccc12. The second-order valence-electron chi connectivity index (χ2n) is 3.51. The van der Waals surface area contributed by atoms with Crippen molar-refractivity contribution in [1.82, 2.24) is 15.0 Å². The van der Waals surface area contributed by atoms with Gasteiger partial charge in [0.2, 0.25) is 0 Å². The molecule has 0 saturated heterocycles. The molecule has 0 amide bonds. The maximum absolute atomic E-state index is 5.68. The normalized spacial score (nSPS) is 10.9. The summed E-state index contributed by atoms with van der Waals surface area (Å²) in [6.45, 7) is 0. The van der Waals surface area contributed by atoms with Gasteiger partial charge in [-0.3, -0.25) is 0 Å². The Balaban J connectivity index is 2.56. The van der Waals surface area contributed by atoms with Crippen LogP contribution in [0.4, 0.5) is 11.5 Å². The van der Waals surface area contributed by atoms with Crippen molar-refractivity contribution in [2.24, 2.45) is 0 Å². The van der Waals surface area contributed by atoms with Crippen LogP contribution in [0.1, 0.15) is 0 Å². The van der Waals surface area contributed by atoms with Crippen LogP contribution in [-0.2, 0) is 0 Å². The van der Waals surface area contributed by atoms with Gasteiger partial charge in [0.15, 0.2) is 5.82 Å². The predicted molar refractivity (Wildman–Crippen MR) is 61.3 cm³/mol. The van der Waals surface area contributed by atoms with Gasteiger partial charge in [-0.25, -0.2) is 15.0 Å². The average Bonchev–Trinajstić information content (AvgIpc) is 2.16. The Morgan fingerprint density at radius 3 is 2.80 bits per heavy atom. The van der Waals surface area contributed by atoms with Crippen LogP contribution >= 0.6 is 0 Å². The molecule has 0 aliphatic rings. The zero-order chi connectivity index (χ0) is 10.8. The molecular formula is C10H13N5. The van der Waals surface area contributed by atoms with Crippen LogP contribution in [0.25, 0.3) is 10.9 Å². The quantitative estimate of drug-likeness (QED) is 0.565. The molecule has 1 aromatic heterocycles. The smallest absolute Gasteiger partial charge is 0.151 e. The van der Waals surface area contributed by atoms with Gasteiger partial charge in [-0.05, 0) is 18.2 Å². The first-order chi connectivity index (χ1) is 7.16. The number of hydrazine groups is 1. The number of fused-ring (bicyclic) bond motifs is 1. The van der Waals surface area contributed by atoms with E-state index in [0.717, 1.165) is 16.7 Å². The Kier molecular flexibility index (Phi) is 2.39. The van der Waals surface area contributed by atoms with Gasteiger partial charge in [0.25, 0.3) is 0 Å². The molecule has 0 radical (unpaired) electrons. The average molecular weight is 203 g/mol. The summed E-state index contributed by atoms with van der Waals surface area (Å²) in [5.41, 5.74) is 10.3. The lowest BCUT2D eigenvalue weighted by molar-refractivity contribution is 0.493. The van der Waals surface area contributed by atoms with Gasteiger partial charge in [-0.1, -0.05) is 0 Å². The summed E-state index contributed by atoms with van der Waals surface area (Å²) in [7, 11) is 3.82. The molecule has 15 heavy (non-hydrogen) atoms. The summed E-state index contributed by atoms with van der Waals surface area (Å²) < 4.78 is 0. The Labute approximate surface area is 87.9 Å². The van der Waals surface area contributed by atoms with Crippen molar-refractivity contribution in [3.05, 3.63) is 24.5 Å². The van der Waals surface area contributed by atoms with Crippen LogP contribution in [-0.4, -0.2) is 29.1 Å². The highest BCUT2D eigenvalue weighted by Gasteiger charge is 2.03. The topological polar surface area (TPSA) is 67.1 Å². The Hall–Kier alpha value is -1.88. The first kappa shape index (κ1) is 9.67. The third-order valence-corrected chi connectivity index (χ3v) is 1.99. The molecule has 0 unspecified atom stereocenters. The molecule has 1 aromatic carbocycles.